The van der Waals surface area contributed by atoms with Gasteiger partial charge in [-0.3, -0.25) is 4.79 Å². The molecule has 9 heteroatoms. The average Bonchev–Trinajstić information content (AvgIpc) is 3.57. The number of primary amides is 1. The molecule has 1 fully saturated rings. The molecule has 4 aromatic rings. The highest BCUT2D eigenvalue weighted by Crippen LogP contribution is 2.30. The number of nitrogens with two attached hydrogens (primary N) is 2. The maximum atomic E-state index is 11.5. The number of oxime groups is 1. The molecule has 0 bridgehead atoms. The van der Waals surface area contributed by atoms with Crippen LogP contribution in [-0.4, -0.2) is 39.7 Å². The van der Waals surface area contributed by atoms with E-state index in [1.807, 2.05) is 47.0 Å². The maximum absolute atomic E-state index is 11.5. The molecule has 1 saturated heterocycles. The first-order valence-electron chi connectivity index (χ1n) is 12.2. The van der Waals surface area contributed by atoms with E-state index in [0.717, 1.165) is 40.9 Å². The molecule has 0 saturated carbocycles. The van der Waals surface area contributed by atoms with Crippen molar-refractivity contribution in [3.05, 3.63) is 95.2 Å². The molecule has 37 heavy (non-hydrogen) atoms. The summed E-state index contributed by atoms with van der Waals surface area (Å²) in [6, 6.07) is 22.5. The van der Waals surface area contributed by atoms with E-state index >= 15 is 0 Å². The molecule has 1 amide bonds. The van der Waals surface area contributed by atoms with Crippen molar-refractivity contribution in [3.8, 4) is 0 Å². The normalized spacial score (nSPS) is 14.7. The SMILES string of the molecule is NC(=O)c1ccc(Cn2c(C(O)Nc3cccc(N4CCCC4)c3)cc3ccc(/C(N)=N/O)cc32)cc1. The van der Waals surface area contributed by atoms with Crippen molar-refractivity contribution >= 4 is 34.0 Å². The smallest absolute Gasteiger partial charge is 0.248 e. The molecule has 5 rings (SSSR count). The third kappa shape index (κ3) is 5.07. The number of aromatic nitrogens is 1. The predicted octanol–water partition coefficient (Wildman–Crippen LogP) is 3.59. The molecule has 0 aliphatic carbocycles. The predicted molar refractivity (Wildman–Crippen MR) is 145 cm³/mol. The second-order valence-corrected chi connectivity index (χ2v) is 9.27. The summed E-state index contributed by atoms with van der Waals surface area (Å²) in [6.45, 7) is 2.50. The Balaban J connectivity index is 1.51. The lowest BCUT2D eigenvalue weighted by Crippen LogP contribution is -2.18. The van der Waals surface area contributed by atoms with Crippen LogP contribution in [0.5, 0.6) is 0 Å². The van der Waals surface area contributed by atoms with Crippen LogP contribution in [0.3, 0.4) is 0 Å². The molecule has 190 valence electrons. The quantitative estimate of drug-likeness (QED) is 0.0826. The molecule has 0 radical (unpaired) electrons. The van der Waals surface area contributed by atoms with Crippen LogP contribution in [0, 0.1) is 0 Å². The van der Waals surface area contributed by atoms with Gasteiger partial charge in [0.1, 0.15) is 0 Å². The Hall–Kier alpha value is -4.50. The first-order chi connectivity index (χ1) is 17.9. The van der Waals surface area contributed by atoms with Gasteiger partial charge in [0.15, 0.2) is 12.1 Å². The Labute approximate surface area is 214 Å². The van der Waals surface area contributed by atoms with Gasteiger partial charge in [0.05, 0.1) is 5.69 Å². The van der Waals surface area contributed by atoms with Gasteiger partial charge in [-0.15, -0.1) is 0 Å². The third-order valence-corrected chi connectivity index (χ3v) is 6.82. The van der Waals surface area contributed by atoms with E-state index in [2.05, 4.69) is 27.5 Å². The minimum absolute atomic E-state index is 0.000544. The van der Waals surface area contributed by atoms with E-state index in [1.165, 1.54) is 12.8 Å². The lowest BCUT2D eigenvalue weighted by atomic mass is 10.1. The number of amidine groups is 1. The van der Waals surface area contributed by atoms with Crippen molar-refractivity contribution in [2.45, 2.75) is 25.6 Å². The largest absolute Gasteiger partial charge is 0.409 e. The third-order valence-electron chi connectivity index (χ3n) is 6.82. The molecular weight excluding hydrogens is 468 g/mol. The van der Waals surface area contributed by atoms with Crippen molar-refractivity contribution in [2.24, 2.45) is 16.6 Å². The Morgan fingerprint density at radius 3 is 2.41 bits per heavy atom. The number of hydrogen-bond donors (Lipinski definition) is 5. The van der Waals surface area contributed by atoms with Gasteiger partial charge in [0.2, 0.25) is 5.91 Å². The second-order valence-electron chi connectivity index (χ2n) is 9.27. The number of rotatable bonds is 8. The maximum Gasteiger partial charge on any atom is 0.248 e. The van der Waals surface area contributed by atoms with Gasteiger partial charge < -0.3 is 36.6 Å². The van der Waals surface area contributed by atoms with Gasteiger partial charge in [0.25, 0.3) is 0 Å². The van der Waals surface area contributed by atoms with Crippen molar-refractivity contribution in [2.75, 3.05) is 23.3 Å². The zero-order valence-electron chi connectivity index (χ0n) is 20.3. The number of aliphatic hydroxyl groups is 1. The van der Waals surface area contributed by atoms with Gasteiger partial charge in [-0.25, -0.2) is 0 Å². The number of fused-ring (bicyclic) bond motifs is 1. The van der Waals surface area contributed by atoms with Crippen LogP contribution in [0.1, 0.15) is 46.2 Å². The van der Waals surface area contributed by atoms with Crippen LogP contribution in [0.25, 0.3) is 10.9 Å². The average molecular weight is 499 g/mol. The molecule has 3 aromatic carbocycles. The molecule has 1 aliphatic rings. The molecule has 9 nitrogen and oxygen atoms in total. The highest BCUT2D eigenvalue weighted by molar-refractivity contribution is 6.00. The number of benzene rings is 3. The minimum Gasteiger partial charge on any atom is -0.409 e. The summed E-state index contributed by atoms with van der Waals surface area (Å²) < 4.78 is 1.98. The Kier molecular flexibility index (Phi) is 6.70. The number of nitrogens with zero attached hydrogens (tertiary/aromatic N) is 3. The molecule has 1 aliphatic heterocycles. The summed E-state index contributed by atoms with van der Waals surface area (Å²) in [5, 5.41) is 27.7. The summed E-state index contributed by atoms with van der Waals surface area (Å²) in [4.78, 5) is 13.8. The molecule has 7 N–H and O–H groups in total. The van der Waals surface area contributed by atoms with E-state index in [4.69, 9.17) is 16.7 Å². The van der Waals surface area contributed by atoms with Crippen LogP contribution in [-0.2, 0) is 6.54 Å². The standard InChI is InChI=1S/C28H30N6O3/c29-26(32-37)21-11-10-20-14-25(28(36)31-22-4-3-5-23(16-22)33-12-1-2-13-33)34(24(20)15-21)17-18-6-8-19(9-7-18)27(30)35/h3-11,14-16,28,31,36-37H,1-2,12-13,17H2,(H2,29,32)(H2,30,35). The fourth-order valence-corrected chi connectivity index (χ4v) is 4.85. The summed E-state index contributed by atoms with van der Waals surface area (Å²) in [5.74, 6) is -0.489. The van der Waals surface area contributed by atoms with Gasteiger partial charge in [-0.1, -0.05) is 35.5 Å². The molecule has 1 aromatic heterocycles. The highest BCUT2D eigenvalue weighted by atomic mass is 16.4. The number of aliphatic hydroxyl groups excluding tert-OH is 1. The highest BCUT2D eigenvalue weighted by Gasteiger charge is 2.19. The lowest BCUT2D eigenvalue weighted by Gasteiger charge is -2.21. The van der Waals surface area contributed by atoms with Crippen LogP contribution < -0.4 is 21.7 Å². The van der Waals surface area contributed by atoms with Gasteiger partial charge in [0, 0.05) is 53.0 Å². The zero-order chi connectivity index (χ0) is 25.9. The molecule has 0 spiro atoms. The summed E-state index contributed by atoms with van der Waals surface area (Å²) in [5.41, 5.74) is 16.6. The zero-order valence-corrected chi connectivity index (χ0v) is 20.3. The van der Waals surface area contributed by atoms with Crippen molar-refractivity contribution in [3.63, 3.8) is 0 Å². The number of amides is 1. The molecule has 1 unspecified atom stereocenters. The Bertz CT molecular complexity index is 1450. The van der Waals surface area contributed by atoms with Gasteiger partial charge in [-0.2, -0.15) is 0 Å². The van der Waals surface area contributed by atoms with E-state index in [1.54, 1.807) is 18.2 Å². The fourth-order valence-electron chi connectivity index (χ4n) is 4.85. The van der Waals surface area contributed by atoms with E-state index in [9.17, 15) is 9.90 Å². The Morgan fingerprint density at radius 1 is 0.973 bits per heavy atom. The summed E-state index contributed by atoms with van der Waals surface area (Å²) in [7, 11) is 0. The number of nitrogens with one attached hydrogen (secondary N) is 1. The van der Waals surface area contributed by atoms with Crippen molar-refractivity contribution in [1.29, 1.82) is 0 Å². The van der Waals surface area contributed by atoms with E-state index in [-0.39, 0.29) is 5.84 Å². The van der Waals surface area contributed by atoms with Crippen LogP contribution in [0.4, 0.5) is 11.4 Å². The van der Waals surface area contributed by atoms with Crippen LogP contribution in [0.2, 0.25) is 0 Å². The monoisotopic (exact) mass is 498 g/mol. The Morgan fingerprint density at radius 2 is 1.70 bits per heavy atom. The summed E-state index contributed by atoms with van der Waals surface area (Å²) >= 11 is 0. The molecule has 2 heterocycles. The molecular formula is C28H30N6O3. The second kappa shape index (κ2) is 10.2. The number of hydrogen-bond acceptors (Lipinski definition) is 6. The topological polar surface area (TPSA) is 142 Å². The van der Waals surface area contributed by atoms with Crippen molar-refractivity contribution in [1.82, 2.24) is 4.57 Å². The number of anilines is 2. The van der Waals surface area contributed by atoms with Gasteiger partial charge >= 0.3 is 0 Å². The van der Waals surface area contributed by atoms with E-state index in [0.29, 0.717) is 23.4 Å². The lowest BCUT2D eigenvalue weighted by molar-refractivity contribution is 0.1000. The van der Waals surface area contributed by atoms with Crippen molar-refractivity contribution < 1.29 is 15.1 Å². The first kappa shape index (κ1) is 24.2. The summed E-state index contributed by atoms with van der Waals surface area (Å²) in [6.07, 6.45) is 1.38. The number of carbonyl (C=O) groups is 1. The van der Waals surface area contributed by atoms with Crippen LogP contribution >= 0.6 is 0 Å². The van der Waals surface area contributed by atoms with E-state index < -0.39 is 12.1 Å². The molecule has 1 atom stereocenters. The van der Waals surface area contributed by atoms with Crippen LogP contribution in [0.15, 0.2) is 78.0 Å². The minimum atomic E-state index is -1.00. The number of carbonyl (C=O) groups excluding carboxylic acids is 1. The fraction of sp³-hybridized carbons (Fsp3) is 0.214. The first-order valence-corrected chi connectivity index (χ1v) is 12.2. The van der Waals surface area contributed by atoms with Gasteiger partial charge in [-0.05, 0) is 60.9 Å².